The number of aromatic nitrogens is 2. The van der Waals surface area contributed by atoms with E-state index in [0.29, 0.717) is 6.61 Å². The summed E-state index contributed by atoms with van der Waals surface area (Å²) in [5.74, 6) is 0. The first-order valence-corrected chi connectivity index (χ1v) is 7.83. The van der Waals surface area contributed by atoms with Crippen LogP contribution in [0.4, 0.5) is 0 Å². The van der Waals surface area contributed by atoms with Crippen LogP contribution < -0.4 is 0 Å². The van der Waals surface area contributed by atoms with E-state index < -0.39 is 0 Å². The lowest BCUT2D eigenvalue weighted by atomic mass is 9.71. The van der Waals surface area contributed by atoms with Gasteiger partial charge in [-0.05, 0) is 37.7 Å². The summed E-state index contributed by atoms with van der Waals surface area (Å²) in [5.41, 5.74) is 2.45. The molecule has 1 aliphatic carbocycles. The van der Waals surface area contributed by atoms with Crippen molar-refractivity contribution >= 4 is 10.9 Å². The Morgan fingerprint density at radius 3 is 2.65 bits per heavy atom. The summed E-state index contributed by atoms with van der Waals surface area (Å²) in [5, 5.41) is 16.0. The Labute approximate surface area is 120 Å². The summed E-state index contributed by atoms with van der Waals surface area (Å²) in [4.78, 5) is 0. The molecular weight excluding hydrogens is 248 g/mol. The zero-order valence-electron chi connectivity index (χ0n) is 12.3. The third kappa shape index (κ3) is 2.35. The third-order valence-corrected chi connectivity index (χ3v) is 4.83. The molecule has 0 aliphatic heterocycles. The average molecular weight is 272 g/mol. The number of nitrogens with zero attached hydrogens (tertiary/aromatic N) is 2. The minimum atomic E-state index is 0.0634. The SMILES string of the molecule is CCn1nc(CC2(CO)CCCCC2)c2ccccc21. The lowest BCUT2D eigenvalue weighted by molar-refractivity contribution is 0.0815. The summed E-state index contributed by atoms with van der Waals surface area (Å²) in [6.45, 7) is 3.32. The van der Waals surface area contributed by atoms with Crippen LogP contribution in [0.2, 0.25) is 0 Å². The Bertz CT molecular complexity index is 582. The maximum atomic E-state index is 9.90. The van der Waals surface area contributed by atoms with Crippen molar-refractivity contribution in [2.24, 2.45) is 5.41 Å². The lowest BCUT2D eigenvalue weighted by Gasteiger charge is -2.35. The van der Waals surface area contributed by atoms with Crippen LogP contribution in [0, 0.1) is 5.41 Å². The van der Waals surface area contributed by atoms with Crippen LogP contribution in [-0.2, 0) is 13.0 Å². The number of para-hydroxylation sites is 1. The number of aryl methyl sites for hydroxylation is 1. The van der Waals surface area contributed by atoms with Crippen LogP contribution in [-0.4, -0.2) is 21.5 Å². The second-order valence-corrected chi connectivity index (χ2v) is 6.18. The molecule has 2 aromatic rings. The number of benzene rings is 1. The Hall–Kier alpha value is -1.35. The topological polar surface area (TPSA) is 38.0 Å². The number of aliphatic hydroxyl groups is 1. The summed E-state index contributed by atoms with van der Waals surface area (Å²) < 4.78 is 2.08. The summed E-state index contributed by atoms with van der Waals surface area (Å²) in [6, 6.07) is 8.46. The molecule has 0 spiro atoms. The summed E-state index contributed by atoms with van der Waals surface area (Å²) >= 11 is 0. The van der Waals surface area contributed by atoms with E-state index >= 15 is 0 Å². The van der Waals surface area contributed by atoms with Crippen molar-refractivity contribution < 1.29 is 5.11 Å². The van der Waals surface area contributed by atoms with Gasteiger partial charge in [0.1, 0.15) is 0 Å². The maximum absolute atomic E-state index is 9.90. The van der Waals surface area contributed by atoms with Gasteiger partial charge in [0, 0.05) is 18.5 Å². The van der Waals surface area contributed by atoms with Crippen molar-refractivity contribution in [1.82, 2.24) is 9.78 Å². The van der Waals surface area contributed by atoms with Gasteiger partial charge < -0.3 is 5.11 Å². The molecule has 1 saturated carbocycles. The largest absolute Gasteiger partial charge is 0.396 e. The first kappa shape index (κ1) is 13.6. The Morgan fingerprint density at radius 1 is 1.20 bits per heavy atom. The van der Waals surface area contributed by atoms with E-state index in [1.54, 1.807) is 0 Å². The van der Waals surface area contributed by atoms with Crippen LogP contribution >= 0.6 is 0 Å². The van der Waals surface area contributed by atoms with Gasteiger partial charge in [-0.15, -0.1) is 0 Å². The fraction of sp³-hybridized carbons (Fsp3) is 0.588. The van der Waals surface area contributed by atoms with E-state index in [4.69, 9.17) is 5.10 Å². The monoisotopic (exact) mass is 272 g/mol. The number of fused-ring (bicyclic) bond motifs is 1. The Balaban J connectivity index is 1.97. The summed E-state index contributed by atoms with van der Waals surface area (Å²) in [6.07, 6.45) is 6.98. The summed E-state index contributed by atoms with van der Waals surface area (Å²) in [7, 11) is 0. The van der Waals surface area contributed by atoms with Gasteiger partial charge in [0.05, 0.1) is 11.2 Å². The fourth-order valence-corrected chi connectivity index (χ4v) is 3.62. The number of rotatable bonds is 4. The van der Waals surface area contributed by atoms with Crippen LogP contribution in [0.15, 0.2) is 24.3 Å². The molecule has 1 N–H and O–H groups in total. The molecule has 3 nitrogen and oxygen atoms in total. The Kier molecular flexibility index (Phi) is 3.79. The van der Waals surface area contributed by atoms with E-state index in [2.05, 4.69) is 35.9 Å². The van der Waals surface area contributed by atoms with Gasteiger partial charge in [-0.3, -0.25) is 4.68 Å². The smallest absolute Gasteiger partial charge is 0.0709 e. The van der Waals surface area contributed by atoms with Crippen molar-refractivity contribution in [1.29, 1.82) is 0 Å². The molecule has 0 saturated heterocycles. The molecule has 108 valence electrons. The van der Waals surface area contributed by atoms with E-state index in [0.717, 1.165) is 25.8 Å². The quantitative estimate of drug-likeness (QED) is 0.924. The number of hydrogen-bond acceptors (Lipinski definition) is 2. The lowest BCUT2D eigenvalue weighted by Crippen LogP contribution is -2.31. The van der Waals surface area contributed by atoms with E-state index in [-0.39, 0.29) is 5.41 Å². The molecule has 1 fully saturated rings. The van der Waals surface area contributed by atoms with E-state index in [1.807, 2.05) is 0 Å². The molecule has 1 aliphatic rings. The normalized spacial score (nSPS) is 18.5. The number of aliphatic hydroxyl groups excluding tert-OH is 1. The van der Waals surface area contributed by atoms with Crippen LogP contribution in [0.25, 0.3) is 10.9 Å². The third-order valence-electron chi connectivity index (χ3n) is 4.83. The van der Waals surface area contributed by atoms with Crippen LogP contribution in [0.3, 0.4) is 0 Å². The molecule has 0 atom stereocenters. The van der Waals surface area contributed by atoms with E-state index in [1.165, 1.54) is 35.9 Å². The predicted octanol–water partition coefficient (Wildman–Crippen LogP) is 3.54. The fourth-order valence-electron chi connectivity index (χ4n) is 3.62. The van der Waals surface area contributed by atoms with Crippen molar-refractivity contribution in [3.63, 3.8) is 0 Å². The van der Waals surface area contributed by atoms with Crippen molar-refractivity contribution in [2.45, 2.75) is 52.0 Å². The van der Waals surface area contributed by atoms with Gasteiger partial charge in [-0.2, -0.15) is 5.10 Å². The maximum Gasteiger partial charge on any atom is 0.0709 e. The van der Waals surface area contributed by atoms with Gasteiger partial charge in [0.2, 0.25) is 0 Å². The van der Waals surface area contributed by atoms with Gasteiger partial charge in [-0.25, -0.2) is 0 Å². The molecular formula is C17H24N2O. The standard InChI is InChI=1S/C17H24N2O/c1-2-19-16-9-5-4-8-14(16)15(18-19)12-17(13-20)10-6-3-7-11-17/h4-5,8-9,20H,2-3,6-7,10-13H2,1H3. The molecule has 1 aromatic heterocycles. The van der Waals surface area contributed by atoms with Crippen molar-refractivity contribution in [3.8, 4) is 0 Å². The number of hydrogen-bond donors (Lipinski definition) is 1. The molecule has 1 heterocycles. The second-order valence-electron chi connectivity index (χ2n) is 6.18. The van der Waals surface area contributed by atoms with E-state index in [9.17, 15) is 5.11 Å². The van der Waals surface area contributed by atoms with Crippen LogP contribution in [0.1, 0.15) is 44.7 Å². The highest BCUT2D eigenvalue weighted by Crippen LogP contribution is 2.39. The molecule has 0 bridgehead atoms. The molecule has 1 aromatic carbocycles. The zero-order valence-corrected chi connectivity index (χ0v) is 12.3. The highest BCUT2D eigenvalue weighted by molar-refractivity contribution is 5.82. The molecule has 0 amide bonds. The molecule has 0 unspecified atom stereocenters. The van der Waals surface area contributed by atoms with Crippen molar-refractivity contribution in [2.75, 3.05) is 6.61 Å². The zero-order chi connectivity index (χ0) is 14.0. The predicted molar refractivity (Wildman–Crippen MR) is 81.7 cm³/mol. The molecule has 20 heavy (non-hydrogen) atoms. The van der Waals surface area contributed by atoms with Gasteiger partial charge in [0.25, 0.3) is 0 Å². The van der Waals surface area contributed by atoms with Crippen LogP contribution in [0.5, 0.6) is 0 Å². The highest BCUT2D eigenvalue weighted by Gasteiger charge is 2.33. The van der Waals surface area contributed by atoms with Gasteiger partial charge >= 0.3 is 0 Å². The molecule has 3 heteroatoms. The molecule has 3 rings (SSSR count). The van der Waals surface area contributed by atoms with Gasteiger partial charge in [0.15, 0.2) is 0 Å². The second kappa shape index (κ2) is 5.57. The minimum Gasteiger partial charge on any atom is -0.396 e. The average Bonchev–Trinajstić information content (AvgIpc) is 2.86. The first-order chi connectivity index (χ1) is 9.78. The molecule has 0 radical (unpaired) electrons. The Morgan fingerprint density at radius 2 is 1.95 bits per heavy atom. The minimum absolute atomic E-state index is 0.0634. The van der Waals surface area contributed by atoms with Gasteiger partial charge in [-0.1, -0.05) is 37.5 Å². The van der Waals surface area contributed by atoms with Crippen molar-refractivity contribution in [3.05, 3.63) is 30.0 Å². The first-order valence-electron chi connectivity index (χ1n) is 7.83. The highest BCUT2D eigenvalue weighted by atomic mass is 16.3.